The maximum Gasteiger partial charge on any atom is 0.332 e. The van der Waals surface area contributed by atoms with Gasteiger partial charge in [-0.15, -0.1) is 15.3 Å². The van der Waals surface area contributed by atoms with Crippen LogP contribution in [0.25, 0.3) is 22.6 Å². The van der Waals surface area contributed by atoms with Gasteiger partial charge in [-0.2, -0.15) is 12.9 Å². The number of imidazole rings is 1. The van der Waals surface area contributed by atoms with Crippen molar-refractivity contribution in [3.05, 3.63) is 24.3 Å². The number of nitrogens with zero attached hydrogens (tertiary/aromatic N) is 6. The van der Waals surface area contributed by atoms with Crippen LogP contribution in [0.15, 0.2) is 29.4 Å². The van der Waals surface area contributed by atoms with Crippen molar-refractivity contribution in [3.63, 3.8) is 0 Å². The molecule has 1 N–H and O–H groups in total. The lowest BCUT2D eigenvalue weighted by atomic mass is 10.3. The van der Waals surface area contributed by atoms with Gasteiger partial charge in [0.25, 0.3) is 10.9 Å². The first-order valence-electron chi connectivity index (χ1n) is 6.21. The normalized spacial score (nSPS) is 12.9. The molecule has 21 heavy (non-hydrogen) atoms. The van der Waals surface area contributed by atoms with Gasteiger partial charge >= 0.3 is 10.1 Å². The molecule has 10 heteroatoms. The van der Waals surface area contributed by atoms with Crippen molar-refractivity contribution in [1.29, 1.82) is 0 Å². The van der Waals surface area contributed by atoms with Gasteiger partial charge < -0.3 is 4.57 Å². The summed E-state index contributed by atoms with van der Waals surface area (Å²) in [6.07, 6.45) is 0. The summed E-state index contributed by atoms with van der Waals surface area (Å²) in [7, 11) is -4.48. The number of benzene rings is 1. The molecule has 0 aliphatic rings. The predicted molar refractivity (Wildman–Crippen MR) is 72.7 cm³/mol. The minimum absolute atomic E-state index is 0.237. The minimum Gasteiger partial charge on any atom is -0.309 e. The zero-order chi connectivity index (χ0) is 14.8. The molecule has 0 aliphatic heterocycles. The van der Waals surface area contributed by atoms with E-state index in [2.05, 4.69) is 15.3 Å². The third kappa shape index (κ3) is 1.48. The fraction of sp³-hybridized carbons (Fsp3) is 0.182. The molecule has 9 nitrogen and oxygen atoms in total. The zero-order valence-corrected chi connectivity index (χ0v) is 11.7. The van der Waals surface area contributed by atoms with Crippen molar-refractivity contribution < 1.29 is 13.0 Å². The molecule has 0 bridgehead atoms. The Hall–Kier alpha value is -2.46. The number of aryl methyl sites for hydroxylation is 1. The Bertz CT molecular complexity index is 1100. The van der Waals surface area contributed by atoms with Crippen molar-refractivity contribution in [2.24, 2.45) is 0 Å². The smallest absolute Gasteiger partial charge is 0.309 e. The molecule has 0 saturated carbocycles. The maximum atomic E-state index is 11.3. The fourth-order valence-corrected chi connectivity index (χ4v) is 3.05. The summed E-state index contributed by atoms with van der Waals surface area (Å²) < 4.78 is 36.4. The average Bonchev–Trinajstić information content (AvgIpc) is 3.04. The molecular weight excluding hydrogens is 296 g/mol. The van der Waals surface area contributed by atoms with Crippen molar-refractivity contribution in [2.45, 2.75) is 18.6 Å². The molecule has 0 saturated heterocycles. The fourth-order valence-electron chi connectivity index (χ4n) is 2.56. The largest absolute Gasteiger partial charge is 0.332 e. The van der Waals surface area contributed by atoms with E-state index in [9.17, 15) is 13.0 Å². The van der Waals surface area contributed by atoms with Crippen LogP contribution in [0.3, 0.4) is 0 Å². The quantitative estimate of drug-likeness (QED) is 0.543. The SMILES string of the molecule is CCn1c2ccccc2n2c1nn1c(S(=O)(=O)O)nnc12. The van der Waals surface area contributed by atoms with Crippen LogP contribution in [0.5, 0.6) is 0 Å². The van der Waals surface area contributed by atoms with Crippen LogP contribution in [0, 0.1) is 0 Å². The van der Waals surface area contributed by atoms with Gasteiger partial charge in [0, 0.05) is 6.54 Å². The molecule has 0 amide bonds. The summed E-state index contributed by atoms with van der Waals surface area (Å²) in [5.41, 5.74) is 1.80. The lowest BCUT2D eigenvalue weighted by molar-refractivity contribution is 0.470. The van der Waals surface area contributed by atoms with Gasteiger partial charge in [-0.3, -0.25) is 4.55 Å². The van der Waals surface area contributed by atoms with Gasteiger partial charge in [0.15, 0.2) is 0 Å². The zero-order valence-electron chi connectivity index (χ0n) is 10.9. The molecule has 0 aliphatic carbocycles. The number of para-hydroxylation sites is 2. The number of aromatic nitrogens is 6. The van der Waals surface area contributed by atoms with Gasteiger partial charge in [-0.25, -0.2) is 4.40 Å². The molecule has 108 valence electrons. The molecule has 0 atom stereocenters. The molecule has 0 radical (unpaired) electrons. The molecule has 0 unspecified atom stereocenters. The van der Waals surface area contributed by atoms with Gasteiger partial charge in [0.1, 0.15) is 0 Å². The van der Waals surface area contributed by atoms with Crippen LogP contribution in [0.1, 0.15) is 6.92 Å². The Morgan fingerprint density at radius 1 is 1.14 bits per heavy atom. The van der Waals surface area contributed by atoms with Crippen LogP contribution in [-0.2, 0) is 16.7 Å². The highest BCUT2D eigenvalue weighted by Gasteiger charge is 2.24. The number of fused-ring (bicyclic) bond motifs is 5. The van der Waals surface area contributed by atoms with Crippen LogP contribution in [0.4, 0.5) is 0 Å². The maximum absolute atomic E-state index is 11.3. The molecule has 4 aromatic rings. The number of hydrogen-bond acceptors (Lipinski definition) is 5. The van der Waals surface area contributed by atoms with Crippen molar-refractivity contribution >= 4 is 32.7 Å². The first-order chi connectivity index (χ1) is 10.0. The Kier molecular flexibility index (Phi) is 2.22. The second-order valence-electron chi connectivity index (χ2n) is 4.54. The van der Waals surface area contributed by atoms with E-state index in [1.54, 1.807) is 4.40 Å². The lowest BCUT2D eigenvalue weighted by Crippen LogP contribution is -2.05. The highest BCUT2D eigenvalue weighted by atomic mass is 32.2. The Morgan fingerprint density at radius 2 is 1.86 bits per heavy atom. The molecule has 0 spiro atoms. The standard InChI is InChI=1S/C11H10N6O3S/c1-2-15-7-5-3-4-6-8(7)16-9-12-13-11(21(18,19)20)17(9)14-10(15)16/h3-6H,2H2,1H3,(H,18,19,20). The Morgan fingerprint density at radius 3 is 2.52 bits per heavy atom. The van der Waals surface area contributed by atoms with Crippen molar-refractivity contribution in [2.75, 3.05) is 0 Å². The van der Waals surface area contributed by atoms with Gasteiger partial charge in [0.2, 0.25) is 5.78 Å². The van der Waals surface area contributed by atoms with Gasteiger partial charge in [-0.1, -0.05) is 12.1 Å². The lowest BCUT2D eigenvalue weighted by Gasteiger charge is -1.98. The van der Waals surface area contributed by atoms with Crippen LogP contribution < -0.4 is 0 Å². The molecule has 0 fully saturated rings. The molecule has 3 heterocycles. The summed E-state index contributed by atoms with van der Waals surface area (Å²) in [4.78, 5) is 0. The summed E-state index contributed by atoms with van der Waals surface area (Å²) in [6, 6.07) is 7.62. The van der Waals surface area contributed by atoms with E-state index in [1.807, 2.05) is 35.8 Å². The third-order valence-corrected chi connectivity index (χ3v) is 4.10. The highest BCUT2D eigenvalue weighted by Crippen LogP contribution is 2.23. The van der Waals surface area contributed by atoms with Gasteiger partial charge in [-0.05, 0) is 19.1 Å². The van der Waals surface area contributed by atoms with E-state index < -0.39 is 15.3 Å². The van der Waals surface area contributed by atoms with Crippen LogP contribution in [-0.4, -0.2) is 41.7 Å². The van der Waals surface area contributed by atoms with E-state index in [-0.39, 0.29) is 5.78 Å². The third-order valence-electron chi connectivity index (χ3n) is 3.39. The predicted octanol–water partition coefficient (Wildman–Crippen LogP) is 0.598. The molecular formula is C11H10N6O3S. The second-order valence-corrected chi connectivity index (χ2v) is 5.85. The van der Waals surface area contributed by atoms with E-state index in [0.717, 1.165) is 15.5 Å². The van der Waals surface area contributed by atoms with E-state index >= 15 is 0 Å². The minimum atomic E-state index is -4.48. The van der Waals surface area contributed by atoms with Crippen LogP contribution >= 0.6 is 0 Å². The van der Waals surface area contributed by atoms with E-state index in [4.69, 9.17) is 0 Å². The molecule has 3 aromatic heterocycles. The van der Waals surface area contributed by atoms with E-state index in [1.165, 1.54) is 0 Å². The van der Waals surface area contributed by atoms with Crippen LogP contribution in [0.2, 0.25) is 0 Å². The van der Waals surface area contributed by atoms with Crippen molar-refractivity contribution in [1.82, 2.24) is 28.8 Å². The summed E-state index contributed by atoms with van der Waals surface area (Å²) in [6.45, 7) is 2.62. The molecule has 4 rings (SSSR count). The summed E-state index contributed by atoms with van der Waals surface area (Å²) >= 11 is 0. The summed E-state index contributed by atoms with van der Waals surface area (Å²) in [5.74, 6) is 0.773. The number of rotatable bonds is 2. The molecule has 1 aromatic carbocycles. The Labute approximate surface area is 118 Å². The van der Waals surface area contributed by atoms with Gasteiger partial charge in [0.05, 0.1) is 11.0 Å². The Balaban J connectivity index is 2.27. The van der Waals surface area contributed by atoms with Crippen molar-refractivity contribution in [3.8, 4) is 0 Å². The average molecular weight is 306 g/mol. The summed E-state index contributed by atoms with van der Waals surface area (Å²) in [5, 5.41) is 11.0. The first-order valence-corrected chi connectivity index (χ1v) is 7.65. The monoisotopic (exact) mass is 306 g/mol. The second kappa shape index (κ2) is 3.80. The van der Waals surface area contributed by atoms with E-state index in [0.29, 0.717) is 12.3 Å². The first kappa shape index (κ1) is 12.3. The highest BCUT2D eigenvalue weighted by molar-refractivity contribution is 7.85. The topological polar surface area (TPSA) is 107 Å². The number of hydrogen-bond donors (Lipinski definition) is 1.